The van der Waals surface area contributed by atoms with Gasteiger partial charge in [-0.15, -0.1) is 0 Å². The first kappa shape index (κ1) is 13.5. The highest BCUT2D eigenvalue weighted by Gasteiger charge is 2.42. The van der Waals surface area contributed by atoms with Crippen LogP contribution in [0.5, 0.6) is 11.5 Å². The molecule has 1 fully saturated rings. The van der Waals surface area contributed by atoms with E-state index in [0.29, 0.717) is 5.92 Å². The number of anilines is 1. The van der Waals surface area contributed by atoms with Crippen LogP contribution in [0.3, 0.4) is 0 Å². The molecule has 0 bridgehead atoms. The van der Waals surface area contributed by atoms with Crippen molar-refractivity contribution in [3.05, 3.63) is 54.1 Å². The predicted octanol–water partition coefficient (Wildman–Crippen LogP) is 3.60. The molecule has 0 unspecified atom stereocenters. The Hall–Kier alpha value is -2.20. The standard InChI is InChI=1S/C18H19NO3/c1-20-13-7-8-16-15(11-13)17(14-9-10-21-18(14)22-16)19-12-5-3-2-4-6-12/h2-8,11,14,17-19H,9-10H2,1H3/t14-,17+,18+/m1/s1. The van der Waals surface area contributed by atoms with E-state index in [4.69, 9.17) is 14.2 Å². The second kappa shape index (κ2) is 5.54. The largest absolute Gasteiger partial charge is 0.497 e. The Bertz CT molecular complexity index is 659. The summed E-state index contributed by atoms with van der Waals surface area (Å²) in [4.78, 5) is 0. The van der Waals surface area contributed by atoms with E-state index >= 15 is 0 Å². The maximum Gasteiger partial charge on any atom is 0.205 e. The number of fused-ring (bicyclic) bond motifs is 2. The zero-order valence-electron chi connectivity index (χ0n) is 12.5. The average Bonchev–Trinajstić information content (AvgIpc) is 3.03. The van der Waals surface area contributed by atoms with E-state index in [2.05, 4.69) is 23.5 Å². The number of hydrogen-bond acceptors (Lipinski definition) is 4. The highest BCUT2D eigenvalue weighted by atomic mass is 16.7. The van der Waals surface area contributed by atoms with Gasteiger partial charge in [0.25, 0.3) is 0 Å². The zero-order valence-corrected chi connectivity index (χ0v) is 12.5. The fourth-order valence-electron chi connectivity index (χ4n) is 3.28. The summed E-state index contributed by atoms with van der Waals surface area (Å²) in [7, 11) is 1.69. The van der Waals surface area contributed by atoms with Gasteiger partial charge >= 0.3 is 0 Å². The van der Waals surface area contributed by atoms with E-state index in [-0.39, 0.29) is 12.3 Å². The normalized spacial score (nSPS) is 25.8. The molecule has 1 N–H and O–H groups in total. The number of hydrogen-bond donors (Lipinski definition) is 1. The van der Waals surface area contributed by atoms with E-state index in [1.54, 1.807) is 7.11 Å². The molecule has 114 valence electrons. The molecule has 1 saturated heterocycles. The van der Waals surface area contributed by atoms with Crippen LogP contribution < -0.4 is 14.8 Å². The summed E-state index contributed by atoms with van der Waals surface area (Å²) in [5.41, 5.74) is 2.24. The van der Waals surface area contributed by atoms with Crippen molar-refractivity contribution in [1.82, 2.24) is 0 Å². The molecule has 4 rings (SSSR count). The first-order valence-corrected chi connectivity index (χ1v) is 7.63. The molecule has 4 nitrogen and oxygen atoms in total. The number of methoxy groups -OCH3 is 1. The Morgan fingerprint density at radius 2 is 2.00 bits per heavy atom. The van der Waals surface area contributed by atoms with Crippen molar-refractivity contribution in [1.29, 1.82) is 0 Å². The van der Waals surface area contributed by atoms with Gasteiger partial charge in [-0.25, -0.2) is 0 Å². The molecule has 3 atom stereocenters. The summed E-state index contributed by atoms with van der Waals surface area (Å²) in [6.45, 7) is 0.743. The molecule has 2 aromatic carbocycles. The molecule has 4 heteroatoms. The van der Waals surface area contributed by atoms with Crippen LogP contribution in [0.1, 0.15) is 18.0 Å². The van der Waals surface area contributed by atoms with Gasteiger partial charge in [0.2, 0.25) is 6.29 Å². The molecule has 2 aliphatic heterocycles. The van der Waals surface area contributed by atoms with Crippen molar-refractivity contribution in [3.8, 4) is 11.5 Å². The molecule has 0 aliphatic carbocycles. The lowest BCUT2D eigenvalue weighted by Gasteiger charge is -2.36. The monoisotopic (exact) mass is 297 g/mol. The van der Waals surface area contributed by atoms with Crippen molar-refractivity contribution in [3.63, 3.8) is 0 Å². The molecule has 2 aliphatic rings. The van der Waals surface area contributed by atoms with Crippen LogP contribution >= 0.6 is 0 Å². The molecule has 0 amide bonds. The lowest BCUT2D eigenvalue weighted by Crippen LogP contribution is -2.36. The quantitative estimate of drug-likeness (QED) is 0.939. The minimum absolute atomic E-state index is 0.161. The van der Waals surface area contributed by atoms with Crippen LogP contribution in [0.2, 0.25) is 0 Å². The Morgan fingerprint density at radius 1 is 1.14 bits per heavy atom. The second-order valence-electron chi connectivity index (χ2n) is 5.70. The third kappa shape index (κ3) is 2.29. The molecule has 0 radical (unpaired) electrons. The SMILES string of the molecule is COc1ccc2c(c1)[C@@H](Nc1ccccc1)[C@H]1CCO[C@H]1O2. The summed E-state index contributed by atoms with van der Waals surface area (Å²) in [5, 5.41) is 3.64. The van der Waals surface area contributed by atoms with Crippen LogP contribution in [-0.2, 0) is 4.74 Å². The van der Waals surface area contributed by atoms with Gasteiger partial charge in [-0.2, -0.15) is 0 Å². The number of nitrogens with one attached hydrogen (secondary N) is 1. The van der Waals surface area contributed by atoms with Crippen LogP contribution in [0.4, 0.5) is 5.69 Å². The summed E-state index contributed by atoms with van der Waals surface area (Å²) >= 11 is 0. The Morgan fingerprint density at radius 3 is 2.82 bits per heavy atom. The molecular weight excluding hydrogens is 278 g/mol. The van der Waals surface area contributed by atoms with Crippen LogP contribution in [-0.4, -0.2) is 20.0 Å². The van der Waals surface area contributed by atoms with Gasteiger partial charge in [0, 0.05) is 17.2 Å². The van der Waals surface area contributed by atoms with E-state index in [0.717, 1.165) is 35.8 Å². The predicted molar refractivity (Wildman–Crippen MR) is 84.3 cm³/mol. The summed E-state index contributed by atoms with van der Waals surface area (Å²) < 4.78 is 17.1. The van der Waals surface area contributed by atoms with Crippen molar-refractivity contribution < 1.29 is 14.2 Å². The first-order valence-electron chi connectivity index (χ1n) is 7.63. The maximum absolute atomic E-state index is 6.01. The van der Waals surface area contributed by atoms with Crippen LogP contribution in [0.15, 0.2) is 48.5 Å². The van der Waals surface area contributed by atoms with Gasteiger partial charge in [0.05, 0.1) is 19.8 Å². The number of rotatable bonds is 3. The van der Waals surface area contributed by atoms with Gasteiger partial charge in [0.15, 0.2) is 0 Å². The fourth-order valence-corrected chi connectivity index (χ4v) is 3.28. The smallest absolute Gasteiger partial charge is 0.205 e. The van der Waals surface area contributed by atoms with Crippen molar-refractivity contribution >= 4 is 5.69 Å². The van der Waals surface area contributed by atoms with Gasteiger partial charge in [-0.05, 0) is 36.8 Å². The second-order valence-corrected chi connectivity index (χ2v) is 5.70. The Labute approximate surface area is 130 Å². The first-order chi connectivity index (χ1) is 10.8. The highest BCUT2D eigenvalue weighted by molar-refractivity contribution is 5.51. The Kier molecular flexibility index (Phi) is 3.39. The molecule has 22 heavy (non-hydrogen) atoms. The number of ether oxygens (including phenoxy) is 3. The lowest BCUT2D eigenvalue weighted by atomic mass is 9.88. The third-order valence-corrected chi connectivity index (χ3v) is 4.40. The Balaban J connectivity index is 1.73. The lowest BCUT2D eigenvalue weighted by molar-refractivity contribution is -0.0748. The van der Waals surface area contributed by atoms with Crippen molar-refractivity contribution in [2.45, 2.75) is 18.8 Å². The average molecular weight is 297 g/mol. The molecule has 2 heterocycles. The highest BCUT2D eigenvalue weighted by Crippen LogP contribution is 2.45. The van der Waals surface area contributed by atoms with Crippen LogP contribution in [0.25, 0.3) is 0 Å². The number of benzene rings is 2. The molecule has 0 saturated carbocycles. The molecule has 2 aromatic rings. The topological polar surface area (TPSA) is 39.7 Å². The van der Waals surface area contributed by atoms with Gasteiger partial charge in [-0.3, -0.25) is 0 Å². The van der Waals surface area contributed by atoms with Gasteiger partial charge < -0.3 is 19.5 Å². The van der Waals surface area contributed by atoms with Crippen LogP contribution in [0, 0.1) is 5.92 Å². The summed E-state index contributed by atoms with van der Waals surface area (Å²) in [6.07, 6.45) is 0.827. The molecular formula is C18H19NO3. The third-order valence-electron chi connectivity index (χ3n) is 4.40. The van der Waals surface area contributed by atoms with E-state index in [1.807, 2.05) is 30.3 Å². The molecule has 0 aromatic heterocycles. The maximum atomic E-state index is 6.01. The van der Waals surface area contributed by atoms with E-state index < -0.39 is 0 Å². The van der Waals surface area contributed by atoms with Gasteiger partial charge in [-0.1, -0.05) is 18.2 Å². The molecule has 0 spiro atoms. The van der Waals surface area contributed by atoms with E-state index in [9.17, 15) is 0 Å². The van der Waals surface area contributed by atoms with Crippen molar-refractivity contribution in [2.24, 2.45) is 5.92 Å². The summed E-state index contributed by atoms with van der Waals surface area (Å²) in [6, 6.07) is 16.4. The van der Waals surface area contributed by atoms with E-state index in [1.165, 1.54) is 0 Å². The minimum atomic E-state index is -0.165. The fraction of sp³-hybridized carbons (Fsp3) is 0.333. The number of para-hydroxylation sites is 1. The van der Waals surface area contributed by atoms with Gasteiger partial charge in [0.1, 0.15) is 11.5 Å². The minimum Gasteiger partial charge on any atom is -0.497 e. The zero-order chi connectivity index (χ0) is 14.9. The summed E-state index contributed by atoms with van der Waals surface area (Å²) in [5.74, 6) is 2.02. The van der Waals surface area contributed by atoms with Crippen molar-refractivity contribution in [2.75, 3.05) is 19.0 Å².